The fourth-order valence-electron chi connectivity index (χ4n) is 2.38. The van der Waals surface area contributed by atoms with E-state index in [1.165, 1.54) is 0 Å². The molecule has 24 heavy (non-hydrogen) atoms. The first-order valence-electron chi connectivity index (χ1n) is 7.90. The van der Waals surface area contributed by atoms with Crippen LogP contribution in [0.3, 0.4) is 0 Å². The Kier molecular flexibility index (Phi) is 6.43. The molecular weight excluding hydrogens is 302 g/mol. The second-order valence-electron chi connectivity index (χ2n) is 5.39. The molecule has 0 aromatic heterocycles. The van der Waals surface area contributed by atoms with Gasteiger partial charge in [-0.25, -0.2) is 0 Å². The lowest BCUT2D eigenvalue weighted by atomic mass is 10.1. The average Bonchev–Trinajstić information content (AvgIpc) is 2.60. The molecule has 0 radical (unpaired) electrons. The van der Waals surface area contributed by atoms with Crippen LogP contribution in [0.2, 0.25) is 0 Å². The predicted octanol–water partition coefficient (Wildman–Crippen LogP) is 3.54. The molecular formula is C20H23NO3. The molecule has 0 aliphatic heterocycles. The molecule has 2 aromatic carbocycles. The van der Waals surface area contributed by atoms with Crippen molar-refractivity contribution < 1.29 is 14.3 Å². The van der Waals surface area contributed by atoms with Gasteiger partial charge in [0.15, 0.2) is 0 Å². The van der Waals surface area contributed by atoms with Crippen molar-refractivity contribution in [1.29, 1.82) is 0 Å². The number of benzene rings is 2. The topological polar surface area (TPSA) is 47.6 Å². The van der Waals surface area contributed by atoms with Crippen molar-refractivity contribution in [3.8, 4) is 11.5 Å². The van der Waals surface area contributed by atoms with Gasteiger partial charge in [-0.2, -0.15) is 0 Å². The van der Waals surface area contributed by atoms with Crippen molar-refractivity contribution in [2.75, 3.05) is 20.3 Å². The number of nitrogens with one attached hydrogen (secondary N) is 1. The van der Waals surface area contributed by atoms with Crippen LogP contribution in [0, 0.1) is 6.92 Å². The normalized spacial score (nSPS) is 10.1. The minimum absolute atomic E-state index is 0.128. The van der Waals surface area contributed by atoms with E-state index in [1.807, 2.05) is 37.3 Å². The number of methoxy groups -OCH3 is 1. The molecule has 0 saturated carbocycles. The summed E-state index contributed by atoms with van der Waals surface area (Å²) in [6.07, 6.45) is 2.44. The number of para-hydroxylation sites is 1. The van der Waals surface area contributed by atoms with Gasteiger partial charge in [0, 0.05) is 5.56 Å². The maximum absolute atomic E-state index is 12.2. The van der Waals surface area contributed by atoms with E-state index in [4.69, 9.17) is 9.47 Å². The zero-order chi connectivity index (χ0) is 17.4. The minimum atomic E-state index is -0.128. The number of hydrogen-bond donors (Lipinski definition) is 1. The highest BCUT2D eigenvalue weighted by Crippen LogP contribution is 2.20. The zero-order valence-corrected chi connectivity index (χ0v) is 14.2. The van der Waals surface area contributed by atoms with Crippen LogP contribution in [0.15, 0.2) is 55.1 Å². The monoisotopic (exact) mass is 325 g/mol. The van der Waals surface area contributed by atoms with Crippen molar-refractivity contribution >= 4 is 5.91 Å². The second-order valence-corrected chi connectivity index (χ2v) is 5.39. The summed E-state index contributed by atoms with van der Waals surface area (Å²) in [5.41, 5.74) is 2.62. The Balaban J connectivity index is 1.89. The Morgan fingerprint density at radius 1 is 1.21 bits per heavy atom. The summed E-state index contributed by atoms with van der Waals surface area (Å²) in [6.45, 7) is 6.59. The molecule has 2 aromatic rings. The summed E-state index contributed by atoms with van der Waals surface area (Å²) in [5.74, 6) is 1.47. The van der Waals surface area contributed by atoms with Gasteiger partial charge in [0.1, 0.15) is 18.1 Å². The SMILES string of the molecule is C=CCc1cc(C(=O)NCCOc2ccccc2C)ccc1OC. The Morgan fingerprint density at radius 3 is 2.71 bits per heavy atom. The predicted molar refractivity (Wildman–Crippen MR) is 95.9 cm³/mol. The smallest absolute Gasteiger partial charge is 0.251 e. The average molecular weight is 325 g/mol. The lowest BCUT2D eigenvalue weighted by Crippen LogP contribution is -2.28. The summed E-state index contributed by atoms with van der Waals surface area (Å²) in [5, 5.41) is 2.86. The molecule has 0 unspecified atom stereocenters. The van der Waals surface area contributed by atoms with E-state index < -0.39 is 0 Å². The highest BCUT2D eigenvalue weighted by Gasteiger charge is 2.09. The third-order valence-corrected chi connectivity index (χ3v) is 3.65. The minimum Gasteiger partial charge on any atom is -0.496 e. The molecule has 126 valence electrons. The van der Waals surface area contributed by atoms with E-state index in [9.17, 15) is 4.79 Å². The molecule has 0 atom stereocenters. The second kappa shape index (κ2) is 8.77. The van der Waals surface area contributed by atoms with Crippen LogP contribution in [0.25, 0.3) is 0 Å². The van der Waals surface area contributed by atoms with Crippen LogP contribution in [-0.2, 0) is 6.42 Å². The third kappa shape index (κ3) is 4.62. The number of rotatable bonds is 8. The summed E-state index contributed by atoms with van der Waals surface area (Å²) in [7, 11) is 1.62. The first kappa shape index (κ1) is 17.6. The molecule has 0 saturated heterocycles. The van der Waals surface area contributed by atoms with Crippen molar-refractivity contribution in [3.05, 3.63) is 71.8 Å². The Labute approximate surface area is 143 Å². The van der Waals surface area contributed by atoms with Gasteiger partial charge in [0.25, 0.3) is 5.91 Å². The van der Waals surface area contributed by atoms with E-state index in [2.05, 4.69) is 11.9 Å². The number of allylic oxidation sites excluding steroid dienone is 1. The molecule has 4 heteroatoms. The fourth-order valence-corrected chi connectivity index (χ4v) is 2.38. The van der Waals surface area contributed by atoms with E-state index in [-0.39, 0.29) is 5.91 Å². The standard InChI is InChI=1S/C20H23NO3/c1-4-7-16-14-17(10-11-19(16)23-3)20(22)21-12-13-24-18-9-6-5-8-15(18)2/h4-6,8-11,14H,1,7,12-13H2,2-3H3,(H,21,22). The molecule has 0 spiro atoms. The Morgan fingerprint density at radius 2 is 2.00 bits per heavy atom. The van der Waals surface area contributed by atoms with Crippen molar-refractivity contribution in [2.45, 2.75) is 13.3 Å². The number of ether oxygens (including phenoxy) is 2. The van der Waals surface area contributed by atoms with E-state index in [0.29, 0.717) is 25.1 Å². The molecule has 1 N–H and O–H groups in total. The molecule has 4 nitrogen and oxygen atoms in total. The lowest BCUT2D eigenvalue weighted by Gasteiger charge is -2.11. The highest BCUT2D eigenvalue weighted by atomic mass is 16.5. The quantitative estimate of drug-likeness (QED) is 0.596. The number of hydrogen-bond acceptors (Lipinski definition) is 3. The first-order valence-corrected chi connectivity index (χ1v) is 7.90. The molecule has 0 aliphatic carbocycles. The number of carbonyl (C=O) groups is 1. The van der Waals surface area contributed by atoms with Gasteiger partial charge in [-0.3, -0.25) is 4.79 Å². The maximum atomic E-state index is 12.2. The van der Waals surface area contributed by atoms with Crippen molar-refractivity contribution in [3.63, 3.8) is 0 Å². The van der Waals surface area contributed by atoms with Crippen molar-refractivity contribution in [2.24, 2.45) is 0 Å². The van der Waals surface area contributed by atoms with Crippen molar-refractivity contribution in [1.82, 2.24) is 5.32 Å². The highest BCUT2D eigenvalue weighted by molar-refractivity contribution is 5.94. The van der Waals surface area contributed by atoms with Crippen LogP contribution in [0.1, 0.15) is 21.5 Å². The van der Waals surface area contributed by atoms with Crippen LogP contribution >= 0.6 is 0 Å². The summed E-state index contributed by atoms with van der Waals surface area (Å²) in [6, 6.07) is 13.2. The third-order valence-electron chi connectivity index (χ3n) is 3.65. The Bertz CT molecular complexity index is 710. The molecule has 1 amide bonds. The van der Waals surface area contributed by atoms with E-state index >= 15 is 0 Å². The maximum Gasteiger partial charge on any atom is 0.251 e. The van der Waals surface area contributed by atoms with Gasteiger partial charge in [-0.15, -0.1) is 6.58 Å². The van der Waals surface area contributed by atoms with Crippen LogP contribution in [0.4, 0.5) is 0 Å². The van der Waals surface area contributed by atoms with Gasteiger partial charge >= 0.3 is 0 Å². The molecule has 0 bridgehead atoms. The number of amides is 1. The summed E-state index contributed by atoms with van der Waals surface area (Å²) < 4.78 is 11.0. The largest absolute Gasteiger partial charge is 0.496 e. The molecule has 0 fully saturated rings. The van der Waals surface area contributed by atoms with Gasteiger partial charge in [0.2, 0.25) is 0 Å². The van der Waals surface area contributed by atoms with Gasteiger partial charge in [-0.1, -0.05) is 24.3 Å². The summed E-state index contributed by atoms with van der Waals surface area (Å²) >= 11 is 0. The van der Waals surface area contributed by atoms with Gasteiger partial charge < -0.3 is 14.8 Å². The molecule has 2 rings (SSSR count). The van der Waals surface area contributed by atoms with Crippen LogP contribution < -0.4 is 14.8 Å². The molecule has 0 aliphatic rings. The van der Waals surface area contributed by atoms with Gasteiger partial charge in [0.05, 0.1) is 13.7 Å². The summed E-state index contributed by atoms with van der Waals surface area (Å²) in [4.78, 5) is 12.2. The number of aryl methyl sites for hydroxylation is 1. The van der Waals surface area contributed by atoms with Crippen LogP contribution in [0.5, 0.6) is 11.5 Å². The van der Waals surface area contributed by atoms with E-state index in [1.54, 1.807) is 25.3 Å². The lowest BCUT2D eigenvalue weighted by molar-refractivity contribution is 0.0947. The Hall–Kier alpha value is -2.75. The number of carbonyl (C=O) groups excluding carboxylic acids is 1. The van der Waals surface area contributed by atoms with Gasteiger partial charge in [-0.05, 0) is 48.7 Å². The molecule has 0 heterocycles. The fraction of sp³-hybridized carbons (Fsp3) is 0.250. The van der Waals surface area contributed by atoms with E-state index in [0.717, 1.165) is 22.6 Å². The first-order chi connectivity index (χ1) is 11.7. The zero-order valence-electron chi connectivity index (χ0n) is 14.2. The van der Waals surface area contributed by atoms with Crippen LogP contribution in [-0.4, -0.2) is 26.2 Å².